The summed E-state index contributed by atoms with van der Waals surface area (Å²) in [5.41, 5.74) is 1.99. The molecule has 0 bridgehead atoms. The lowest BCUT2D eigenvalue weighted by molar-refractivity contribution is 0.102. The molecule has 1 fully saturated rings. The molecule has 5 rings (SSSR count). The molecule has 4 aromatic rings. The van der Waals surface area contributed by atoms with Gasteiger partial charge in [0.2, 0.25) is 0 Å². The van der Waals surface area contributed by atoms with Gasteiger partial charge >= 0.3 is 0 Å². The van der Waals surface area contributed by atoms with Gasteiger partial charge in [-0.3, -0.25) is 9.48 Å². The number of halogens is 1. The maximum atomic E-state index is 15.4. The van der Waals surface area contributed by atoms with Gasteiger partial charge in [0.05, 0.1) is 17.6 Å². The second-order valence-corrected chi connectivity index (χ2v) is 8.79. The van der Waals surface area contributed by atoms with Crippen molar-refractivity contribution in [2.24, 2.45) is 7.05 Å². The number of nitrogens with zero attached hydrogens (tertiary/aromatic N) is 7. The van der Waals surface area contributed by atoms with Crippen LogP contribution in [-0.2, 0) is 7.05 Å². The Balaban J connectivity index is 1.48. The van der Waals surface area contributed by atoms with Gasteiger partial charge in [0, 0.05) is 44.0 Å². The summed E-state index contributed by atoms with van der Waals surface area (Å²) in [6.07, 6.45) is 7.01. The van der Waals surface area contributed by atoms with Crippen molar-refractivity contribution >= 4 is 34.0 Å². The fraction of sp³-hybridized carbons (Fsp3) is 0.375. The molecule has 0 radical (unpaired) electrons. The van der Waals surface area contributed by atoms with E-state index in [1.165, 1.54) is 6.07 Å². The Morgan fingerprint density at radius 3 is 2.74 bits per heavy atom. The van der Waals surface area contributed by atoms with Gasteiger partial charge in [0.25, 0.3) is 5.91 Å². The first kappa shape index (κ1) is 22.7. The van der Waals surface area contributed by atoms with Gasteiger partial charge < -0.3 is 19.9 Å². The molecule has 180 valence electrons. The van der Waals surface area contributed by atoms with Crippen LogP contribution in [0.4, 0.5) is 15.9 Å². The molecular formula is C24H26FN9O. The molecule has 1 amide bonds. The van der Waals surface area contributed by atoms with Crippen LogP contribution in [0.25, 0.3) is 16.6 Å². The van der Waals surface area contributed by atoms with Gasteiger partial charge in [-0.1, -0.05) is 6.92 Å². The smallest absolute Gasteiger partial charge is 0.262 e. The van der Waals surface area contributed by atoms with E-state index in [2.05, 4.69) is 37.5 Å². The van der Waals surface area contributed by atoms with Crippen LogP contribution in [0.5, 0.6) is 0 Å². The first-order valence-corrected chi connectivity index (χ1v) is 11.6. The van der Waals surface area contributed by atoms with Crippen molar-refractivity contribution in [2.45, 2.75) is 32.7 Å². The molecule has 2 N–H and O–H groups in total. The number of benzene rings is 1. The average Bonchev–Trinajstić information content (AvgIpc) is 3.40. The van der Waals surface area contributed by atoms with Crippen molar-refractivity contribution in [3.8, 4) is 6.07 Å². The Morgan fingerprint density at radius 1 is 1.26 bits per heavy atom. The van der Waals surface area contributed by atoms with Crippen LogP contribution in [0.1, 0.15) is 41.5 Å². The predicted octanol–water partition coefficient (Wildman–Crippen LogP) is 2.77. The Labute approximate surface area is 201 Å². The van der Waals surface area contributed by atoms with Gasteiger partial charge in [0.1, 0.15) is 23.0 Å². The zero-order chi connectivity index (χ0) is 24.7. The van der Waals surface area contributed by atoms with Crippen molar-refractivity contribution < 1.29 is 9.18 Å². The summed E-state index contributed by atoms with van der Waals surface area (Å²) in [5, 5.41) is 20.6. The zero-order valence-electron chi connectivity index (χ0n) is 19.8. The van der Waals surface area contributed by atoms with Crippen molar-refractivity contribution in [1.29, 1.82) is 5.26 Å². The van der Waals surface area contributed by atoms with Crippen molar-refractivity contribution in [3.05, 3.63) is 47.4 Å². The Morgan fingerprint density at radius 2 is 2.03 bits per heavy atom. The molecule has 1 saturated heterocycles. The molecule has 0 atom stereocenters. The van der Waals surface area contributed by atoms with E-state index < -0.39 is 11.7 Å². The number of imidazole rings is 1. The minimum absolute atomic E-state index is 0.140. The first-order valence-electron chi connectivity index (χ1n) is 11.6. The maximum absolute atomic E-state index is 15.4. The first-order chi connectivity index (χ1) is 16.9. The SMILES string of the molecule is CCNC1CCN(c2cc(F)c(C(=O)Nc3cn4cc(C)nc(C#N)c4n3)c3nn(C)cc23)CC1. The zero-order valence-corrected chi connectivity index (χ0v) is 19.8. The highest BCUT2D eigenvalue weighted by Gasteiger charge is 2.26. The molecule has 4 heterocycles. The lowest BCUT2D eigenvalue weighted by Gasteiger charge is -2.34. The average molecular weight is 476 g/mol. The number of nitrogens with one attached hydrogen (secondary N) is 2. The van der Waals surface area contributed by atoms with Crippen LogP contribution in [-0.4, -0.2) is 55.7 Å². The number of aromatic nitrogens is 5. The van der Waals surface area contributed by atoms with Crippen LogP contribution in [0, 0.1) is 24.1 Å². The number of carbonyl (C=O) groups is 1. The van der Waals surface area contributed by atoms with Gasteiger partial charge in [-0.05, 0) is 32.4 Å². The van der Waals surface area contributed by atoms with E-state index in [-0.39, 0.29) is 17.1 Å². The van der Waals surface area contributed by atoms with Crippen molar-refractivity contribution in [2.75, 3.05) is 29.9 Å². The second-order valence-electron chi connectivity index (χ2n) is 8.79. The fourth-order valence-corrected chi connectivity index (χ4v) is 4.77. The van der Waals surface area contributed by atoms with Crippen molar-refractivity contribution in [1.82, 2.24) is 29.5 Å². The number of amides is 1. The summed E-state index contributed by atoms with van der Waals surface area (Å²) in [5.74, 6) is -1.11. The van der Waals surface area contributed by atoms with E-state index in [0.717, 1.165) is 43.5 Å². The molecule has 1 aromatic carbocycles. The summed E-state index contributed by atoms with van der Waals surface area (Å²) >= 11 is 0. The molecule has 3 aromatic heterocycles. The normalized spacial score (nSPS) is 14.5. The van der Waals surface area contributed by atoms with E-state index in [9.17, 15) is 10.1 Å². The fourth-order valence-electron chi connectivity index (χ4n) is 4.77. The number of anilines is 2. The Hall–Kier alpha value is -4.04. The third-order valence-electron chi connectivity index (χ3n) is 6.30. The number of rotatable bonds is 5. The van der Waals surface area contributed by atoms with Crippen LogP contribution >= 0.6 is 0 Å². The number of nitriles is 1. The van der Waals surface area contributed by atoms with E-state index in [0.29, 0.717) is 22.9 Å². The Bertz CT molecular complexity index is 1470. The van der Waals surface area contributed by atoms with Crippen LogP contribution in [0.3, 0.4) is 0 Å². The molecule has 1 aliphatic heterocycles. The predicted molar refractivity (Wildman–Crippen MR) is 130 cm³/mol. The standard InChI is InChI=1S/C24H26FN9O/c1-4-27-15-5-7-33(8-6-15)19-9-17(25)21(22-16(19)12-32(3)31-22)24(35)30-20-13-34-11-14(2)28-18(10-26)23(34)29-20/h9,11-13,15,27H,4-8H2,1-3H3,(H,30,35). The minimum atomic E-state index is -0.657. The summed E-state index contributed by atoms with van der Waals surface area (Å²) in [4.78, 5) is 23.8. The molecule has 0 unspecified atom stereocenters. The van der Waals surface area contributed by atoms with E-state index in [1.54, 1.807) is 35.4 Å². The highest BCUT2D eigenvalue weighted by Crippen LogP contribution is 2.33. The molecule has 0 saturated carbocycles. The Kier molecular flexibility index (Phi) is 5.82. The number of aryl methyl sites for hydroxylation is 2. The van der Waals surface area contributed by atoms with E-state index in [4.69, 9.17) is 0 Å². The van der Waals surface area contributed by atoms with E-state index >= 15 is 4.39 Å². The second kappa shape index (κ2) is 8.96. The van der Waals surface area contributed by atoms with Gasteiger partial charge in [-0.2, -0.15) is 10.4 Å². The number of piperidine rings is 1. The van der Waals surface area contributed by atoms with Crippen LogP contribution in [0.15, 0.2) is 24.7 Å². The summed E-state index contributed by atoms with van der Waals surface area (Å²) in [6, 6.07) is 3.89. The molecular weight excluding hydrogens is 449 g/mol. The maximum Gasteiger partial charge on any atom is 0.262 e. The largest absolute Gasteiger partial charge is 0.371 e. The third-order valence-corrected chi connectivity index (χ3v) is 6.30. The number of fused-ring (bicyclic) bond motifs is 2. The van der Waals surface area contributed by atoms with Crippen molar-refractivity contribution in [3.63, 3.8) is 0 Å². The highest BCUT2D eigenvalue weighted by molar-refractivity contribution is 6.14. The van der Waals surface area contributed by atoms with Gasteiger partial charge in [-0.25, -0.2) is 14.4 Å². The molecule has 1 aliphatic rings. The third kappa shape index (κ3) is 4.17. The van der Waals surface area contributed by atoms with Gasteiger partial charge in [-0.15, -0.1) is 0 Å². The number of hydrogen-bond donors (Lipinski definition) is 2. The summed E-state index contributed by atoms with van der Waals surface area (Å²) < 4.78 is 18.6. The lowest BCUT2D eigenvalue weighted by atomic mass is 10.0. The van der Waals surface area contributed by atoms with E-state index in [1.807, 2.05) is 12.3 Å². The number of carbonyl (C=O) groups excluding carboxylic acids is 1. The highest BCUT2D eigenvalue weighted by atomic mass is 19.1. The lowest BCUT2D eigenvalue weighted by Crippen LogP contribution is -2.42. The topological polar surface area (TPSA) is 116 Å². The molecule has 0 spiro atoms. The quantitative estimate of drug-likeness (QED) is 0.456. The van der Waals surface area contributed by atoms with Crippen LogP contribution < -0.4 is 15.5 Å². The number of hydrogen-bond acceptors (Lipinski definition) is 7. The monoisotopic (exact) mass is 475 g/mol. The molecule has 35 heavy (non-hydrogen) atoms. The molecule has 0 aliphatic carbocycles. The van der Waals surface area contributed by atoms with Crippen LogP contribution in [0.2, 0.25) is 0 Å². The van der Waals surface area contributed by atoms with Gasteiger partial charge in [0.15, 0.2) is 17.2 Å². The minimum Gasteiger partial charge on any atom is -0.371 e. The summed E-state index contributed by atoms with van der Waals surface area (Å²) in [6.45, 7) is 6.37. The summed E-state index contributed by atoms with van der Waals surface area (Å²) in [7, 11) is 1.75. The molecule has 11 heteroatoms. The molecule has 10 nitrogen and oxygen atoms in total.